The zero-order valence-corrected chi connectivity index (χ0v) is 18.0. The van der Waals surface area contributed by atoms with E-state index in [9.17, 15) is 9.59 Å². The van der Waals surface area contributed by atoms with Crippen LogP contribution in [-0.2, 0) is 16.0 Å². The Morgan fingerprint density at radius 3 is 2.20 bits per heavy atom. The van der Waals surface area contributed by atoms with Gasteiger partial charge in [0.05, 0.1) is 12.2 Å². The molecule has 0 aromatic heterocycles. The Labute approximate surface area is 182 Å². The maximum atomic E-state index is 12.3. The van der Waals surface area contributed by atoms with Gasteiger partial charge in [-0.2, -0.15) is 0 Å². The first kappa shape index (κ1) is 21.7. The van der Waals surface area contributed by atoms with E-state index in [1.54, 1.807) is 0 Å². The van der Waals surface area contributed by atoms with Gasteiger partial charge in [0.2, 0.25) is 11.8 Å². The van der Waals surface area contributed by atoms with Gasteiger partial charge in [0.25, 0.3) is 0 Å². The first-order valence-corrected chi connectivity index (χ1v) is 10.9. The Morgan fingerprint density at radius 1 is 0.800 bits per heavy atom. The number of amides is 2. The largest absolute Gasteiger partial charge is 0.326 e. The summed E-state index contributed by atoms with van der Waals surface area (Å²) < 4.78 is 0. The lowest BCUT2D eigenvalue weighted by Crippen LogP contribution is -2.15. The summed E-state index contributed by atoms with van der Waals surface area (Å²) in [6, 6.07) is 25.1. The van der Waals surface area contributed by atoms with Crippen molar-refractivity contribution in [3.8, 4) is 0 Å². The lowest BCUT2D eigenvalue weighted by Gasteiger charge is -2.09. The number of carbonyl (C=O) groups is 2. The topological polar surface area (TPSA) is 58.2 Å². The van der Waals surface area contributed by atoms with Gasteiger partial charge in [0.1, 0.15) is 0 Å². The van der Waals surface area contributed by atoms with Gasteiger partial charge in [-0.3, -0.25) is 9.59 Å². The van der Waals surface area contributed by atoms with Crippen molar-refractivity contribution in [2.45, 2.75) is 31.1 Å². The zero-order chi connectivity index (χ0) is 21.3. The third-order valence-electron chi connectivity index (χ3n) is 4.56. The maximum Gasteiger partial charge on any atom is 0.234 e. The van der Waals surface area contributed by atoms with Crippen molar-refractivity contribution in [1.82, 2.24) is 0 Å². The average Bonchev–Trinajstić information content (AvgIpc) is 2.73. The maximum absolute atomic E-state index is 12.3. The lowest BCUT2D eigenvalue weighted by molar-refractivity contribution is -0.115. The normalized spacial score (nSPS) is 10.6. The molecule has 3 aromatic rings. The Morgan fingerprint density at radius 2 is 1.50 bits per heavy atom. The third-order valence-corrected chi connectivity index (χ3v) is 5.55. The lowest BCUT2D eigenvalue weighted by atomic mass is 10.0. The highest BCUT2D eigenvalue weighted by molar-refractivity contribution is 8.00. The number of carbonyl (C=O) groups excluding carboxylic acids is 2. The molecule has 0 aliphatic carbocycles. The van der Waals surface area contributed by atoms with Gasteiger partial charge in [-0.05, 0) is 47.4 Å². The molecule has 4 nitrogen and oxygen atoms in total. The van der Waals surface area contributed by atoms with Crippen LogP contribution in [0.1, 0.15) is 30.9 Å². The highest BCUT2D eigenvalue weighted by Gasteiger charge is 2.07. The van der Waals surface area contributed by atoms with Crippen LogP contribution in [0.3, 0.4) is 0 Å². The fourth-order valence-corrected chi connectivity index (χ4v) is 3.70. The number of anilines is 2. The molecule has 2 N–H and O–H groups in total. The minimum Gasteiger partial charge on any atom is -0.326 e. The number of hydrogen-bond acceptors (Lipinski definition) is 3. The monoisotopic (exact) mass is 418 g/mol. The summed E-state index contributed by atoms with van der Waals surface area (Å²) in [6.07, 6.45) is 0.330. The van der Waals surface area contributed by atoms with Gasteiger partial charge in [-0.15, -0.1) is 11.8 Å². The van der Waals surface area contributed by atoms with E-state index in [0.29, 0.717) is 18.1 Å². The molecular formula is C25H26N2O2S. The standard InChI is InChI=1S/C25H26N2O2S/c1-18(2)20-11-13-21(14-12-20)26-25(29)17-30-23-10-6-9-22(16-23)27-24(28)15-19-7-4-3-5-8-19/h3-14,16,18H,15,17H2,1-2H3,(H,26,29)(H,27,28). The molecule has 2 amide bonds. The van der Waals surface area contributed by atoms with Crippen LogP contribution in [0.2, 0.25) is 0 Å². The summed E-state index contributed by atoms with van der Waals surface area (Å²) in [5, 5.41) is 5.84. The van der Waals surface area contributed by atoms with Gasteiger partial charge in [0, 0.05) is 16.3 Å². The summed E-state index contributed by atoms with van der Waals surface area (Å²) in [7, 11) is 0. The van der Waals surface area contributed by atoms with Crippen LogP contribution in [0, 0.1) is 0 Å². The summed E-state index contributed by atoms with van der Waals surface area (Å²) in [4.78, 5) is 25.4. The second kappa shape index (κ2) is 10.6. The molecule has 0 radical (unpaired) electrons. The number of benzene rings is 3. The van der Waals surface area contributed by atoms with Gasteiger partial charge in [-0.1, -0.05) is 62.4 Å². The predicted molar refractivity (Wildman–Crippen MR) is 125 cm³/mol. The molecule has 5 heteroatoms. The molecule has 0 heterocycles. The van der Waals surface area contributed by atoms with Gasteiger partial charge in [0.15, 0.2) is 0 Å². The average molecular weight is 419 g/mol. The fraction of sp³-hybridized carbons (Fsp3) is 0.200. The number of hydrogen-bond donors (Lipinski definition) is 2. The van der Waals surface area contributed by atoms with Gasteiger partial charge >= 0.3 is 0 Å². The summed E-state index contributed by atoms with van der Waals surface area (Å²) in [6.45, 7) is 4.28. The van der Waals surface area contributed by atoms with Crippen LogP contribution in [0.4, 0.5) is 11.4 Å². The van der Waals surface area contributed by atoms with Crippen molar-refractivity contribution < 1.29 is 9.59 Å². The zero-order valence-electron chi connectivity index (χ0n) is 17.2. The van der Waals surface area contributed by atoms with Crippen LogP contribution < -0.4 is 10.6 Å². The quantitative estimate of drug-likeness (QED) is 0.460. The highest BCUT2D eigenvalue weighted by Crippen LogP contribution is 2.23. The van der Waals surface area contributed by atoms with Gasteiger partial charge < -0.3 is 10.6 Å². The molecule has 0 atom stereocenters. The molecule has 0 bridgehead atoms. The Balaban J connectivity index is 1.49. The van der Waals surface area contributed by atoms with E-state index >= 15 is 0 Å². The van der Waals surface area contributed by atoms with Crippen molar-refractivity contribution >= 4 is 35.0 Å². The molecular weight excluding hydrogens is 392 g/mol. The number of nitrogens with one attached hydrogen (secondary N) is 2. The van der Waals surface area contributed by atoms with E-state index in [1.807, 2.05) is 78.9 Å². The predicted octanol–water partition coefficient (Wildman–Crippen LogP) is 5.72. The van der Waals surface area contributed by atoms with Crippen molar-refractivity contribution in [2.75, 3.05) is 16.4 Å². The second-order valence-electron chi connectivity index (χ2n) is 7.35. The van der Waals surface area contributed by atoms with Crippen LogP contribution in [0.25, 0.3) is 0 Å². The summed E-state index contributed by atoms with van der Waals surface area (Å²) >= 11 is 1.44. The van der Waals surface area contributed by atoms with Crippen LogP contribution in [0.15, 0.2) is 83.8 Å². The number of thioether (sulfide) groups is 1. The molecule has 0 saturated heterocycles. The molecule has 0 fully saturated rings. The SMILES string of the molecule is CC(C)c1ccc(NC(=O)CSc2cccc(NC(=O)Cc3ccccc3)c2)cc1. The highest BCUT2D eigenvalue weighted by atomic mass is 32.2. The van der Waals surface area contributed by atoms with Crippen molar-refractivity contribution in [3.05, 3.63) is 90.0 Å². The van der Waals surface area contributed by atoms with Gasteiger partial charge in [-0.25, -0.2) is 0 Å². The molecule has 3 aromatic carbocycles. The minimum absolute atomic E-state index is 0.0594. The molecule has 0 unspecified atom stereocenters. The Hall–Kier alpha value is -3.05. The van der Waals surface area contributed by atoms with Crippen LogP contribution in [-0.4, -0.2) is 17.6 Å². The van der Waals surface area contributed by atoms with Crippen LogP contribution in [0.5, 0.6) is 0 Å². The van der Waals surface area contributed by atoms with E-state index in [4.69, 9.17) is 0 Å². The van der Waals surface area contributed by atoms with E-state index in [1.165, 1.54) is 17.3 Å². The Bertz CT molecular complexity index is 986. The van der Waals surface area contributed by atoms with E-state index in [0.717, 1.165) is 21.8 Å². The first-order valence-electron chi connectivity index (χ1n) is 9.96. The third kappa shape index (κ3) is 6.78. The number of rotatable bonds is 8. The first-order chi connectivity index (χ1) is 14.5. The smallest absolute Gasteiger partial charge is 0.234 e. The minimum atomic E-state index is -0.0639. The van der Waals surface area contributed by atoms with Crippen LogP contribution >= 0.6 is 11.8 Å². The molecule has 0 saturated carbocycles. The molecule has 3 rings (SSSR count). The van der Waals surface area contributed by atoms with Crippen molar-refractivity contribution in [2.24, 2.45) is 0 Å². The van der Waals surface area contributed by atoms with Crippen molar-refractivity contribution in [1.29, 1.82) is 0 Å². The second-order valence-corrected chi connectivity index (χ2v) is 8.40. The Kier molecular flexibility index (Phi) is 7.69. The van der Waals surface area contributed by atoms with E-state index in [2.05, 4.69) is 24.5 Å². The molecule has 0 aliphatic heterocycles. The summed E-state index contributed by atoms with van der Waals surface area (Å²) in [5.41, 5.74) is 3.74. The van der Waals surface area contributed by atoms with Crippen molar-refractivity contribution in [3.63, 3.8) is 0 Å². The molecule has 0 spiro atoms. The molecule has 154 valence electrons. The molecule has 0 aliphatic rings. The van der Waals surface area contributed by atoms with E-state index < -0.39 is 0 Å². The molecule has 30 heavy (non-hydrogen) atoms. The summed E-state index contributed by atoms with van der Waals surface area (Å²) in [5.74, 6) is 0.639. The fourth-order valence-electron chi connectivity index (χ4n) is 2.95. The van der Waals surface area contributed by atoms with E-state index in [-0.39, 0.29) is 11.8 Å².